The minimum atomic E-state index is -1.21. The van der Waals surface area contributed by atoms with Crippen LogP contribution >= 0.6 is 0 Å². The molecule has 0 aliphatic carbocycles. The van der Waals surface area contributed by atoms with E-state index in [1.165, 1.54) is 5.56 Å². The summed E-state index contributed by atoms with van der Waals surface area (Å²) in [4.78, 5) is 27.6. The van der Waals surface area contributed by atoms with Crippen molar-refractivity contribution in [3.05, 3.63) is 107 Å². The van der Waals surface area contributed by atoms with Crippen molar-refractivity contribution in [3.8, 4) is 11.5 Å². The quantitative estimate of drug-likeness (QED) is 0.0324. The van der Waals surface area contributed by atoms with Gasteiger partial charge in [-0.1, -0.05) is 63.1 Å². The first-order valence-corrected chi connectivity index (χ1v) is 18.5. The Morgan fingerprint density at radius 1 is 0.792 bits per heavy atom. The summed E-state index contributed by atoms with van der Waals surface area (Å²) in [5.74, 6) is 0.507. The van der Waals surface area contributed by atoms with E-state index in [2.05, 4.69) is 30.3 Å². The van der Waals surface area contributed by atoms with E-state index in [-0.39, 0.29) is 11.9 Å². The van der Waals surface area contributed by atoms with Crippen molar-refractivity contribution in [3.63, 3.8) is 0 Å². The van der Waals surface area contributed by atoms with Crippen LogP contribution in [0, 0.1) is 6.92 Å². The van der Waals surface area contributed by atoms with Crippen LogP contribution in [0.1, 0.15) is 100.0 Å². The molecule has 0 spiro atoms. The second kappa shape index (κ2) is 18.7. The van der Waals surface area contributed by atoms with Gasteiger partial charge in [0.25, 0.3) is 0 Å². The maximum atomic E-state index is 11.5. The van der Waals surface area contributed by atoms with Gasteiger partial charge in [0.05, 0.1) is 25.1 Å². The largest absolute Gasteiger partial charge is 0.469 e. The predicted molar refractivity (Wildman–Crippen MR) is 211 cm³/mol. The van der Waals surface area contributed by atoms with Crippen LogP contribution in [0.4, 0.5) is 11.4 Å². The Hall–Kier alpha value is -4.93. The number of anilines is 1. The van der Waals surface area contributed by atoms with Crippen molar-refractivity contribution in [2.75, 3.05) is 18.9 Å². The van der Waals surface area contributed by atoms with Crippen LogP contribution in [-0.4, -0.2) is 31.4 Å². The Bertz CT molecular complexity index is 1820. The zero-order valence-corrected chi connectivity index (χ0v) is 31.8. The minimum Gasteiger partial charge on any atom is -0.469 e. The number of hydrogen-bond donors (Lipinski definition) is 3. The lowest BCUT2D eigenvalue weighted by molar-refractivity contribution is -0.139. The van der Waals surface area contributed by atoms with E-state index in [9.17, 15) is 9.59 Å². The monoisotopic (exact) mass is 724 g/mol. The Labute approximate surface area is 314 Å². The Morgan fingerprint density at radius 3 is 1.92 bits per heavy atom. The van der Waals surface area contributed by atoms with E-state index in [1.807, 2.05) is 49.4 Å². The summed E-state index contributed by atoms with van der Waals surface area (Å²) in [6.07, 6.45) is 11.2. The molecule has 4 rings (SSSR count). The van der Waals surface area contributed by atoms with Crippen molar-refractivity contribution in [1.29, 1.82) is 0 Å². The smallest absolute Gasteiger partial charge is 0.333 e. The summed E-state index contributed by atoms with van der Waals surface area (Å²) >= 11 is 0. The van der Waals surface area contributed by atoms with E-state index < -0.39 is 11.4 Å². The van der Waals surface area contributed by atoms with E-state index in [0.29, 0.717) is 47.1 Å². The molecule has 6 N–H and O–H groups in total. The second-order valence-electron chi connectivity index (χ2n) is 14.2. The molecule has 0 saturated heterocycles. The fraction of sp³-hybridized carbons (Fsp3) is 0.419. The summed E-state index contributed by atoms with van der Waals surface area (Å²) in [5, 5.41) is 0. The van der Waals surface area contributed by atoms with Gasteiger partial charge in [0.1, 0.15) is 11.5 Å². The number of aryl methyl sites for hydroxylation is 3. The number of rotatable bonds is 21. The number of fused-ring (bicyclic) bond motifs is 1. The minimum absolute atomic E-state index is 0.332. The maximum Gasteiger partial charge on any atom is 0.333 e. The molecule has 10 nitrogen and oxygen atoms in total. The molecular formula is C43H56N4O6. The molecule has 3 aromatic rings. The molecule has 10 heteroatoms. The van der Waals surface area contributed by atoms with E-state index in [1.54, 1.807) is 27.0 Å². The summed E-state index contributed by atoms with van der Waals surface area (Å²) in [6, 6.07) is 17.6. The van der Waals surface area contributed by atoms with Crippen molar-refractivity contribution < 1.29 is 28.5 Å². The summed E-state index contributed by atoms with van der Waals surface area (Å²) in [7, 11) is 0. The van der Waals surface area contributed by atoms with Crippen LogP contribution in [-0.2, 0) is 43.4 Å². The first-order valence-electron chi connectivity index (χ1n) is 18.5. The highest BCUT2D eigenvalue weighted by Gasteiger charge is 2.35. The highest BCUT2D eigenvalue weighted by molar-refractivity contribution is 5.87. The van der Waals surface area contributed by atoms with Crippen molar-refractivity contribution in [2.24, 2.45) is 16.5 Å². The van der Waals surface area contributed by atoms with E-state index >= 15 is 0 Å². The van der Waals surface area contributed by atoms with Gasteiger partial charge < -0.3 is 24.7 Å². The molecule has 0 fully saturated rings. The molecule has 1 aliphatic heterocycles. The topological polar surface area (TPSA) is 161 Å². The number of esters is 2. The number of nitrogens with zero attached hydrogens (tertiary/aromatic N) is 1. The number of benzene rings is 3. The zero-order valence-electron chi connectivity index (χ0n) is 31.8. The van der Waals surface area contributed by atoms with E-state index in [0.717, 1.165) is 86.6 Å². The van der Waals surface area contributed by atoms with Gasteiger partial charge in [-0.05, 0) is 113 Å². The molecule has 284 valence electrons. The average Bonchev–Trinajstić information content (AvgIpc) is 3.43. The molecule has 0 bridgehead atoms. The van der Waals surface area contributed by atoms with Crippen LogP contribution in [0.25, 0.3) is 0 Å². The lowest BCUT2D eigenvalue weighted by atomic mass is 9.98. The molecule has 0 radical (unpaired) electrons. The Morgan fingerprint density at radius 2 is 1.36 bits per heavy atom. The second-order valence-corrected chi connectivity index (χ2v) is 14.2. The fourth-order valence-electron chi connectivity index (χ4n) is 6.13. The SMILES string of the molecule is C=C(C)C(=O)OCCCCCCc1ccc(C(C)(N)Oc2ccc(OC3(N)C=Nc4cc(CCCCCCOC(=O)C(=C)C)ccc43)c(C)c2)c(N)c1. The van der Waals surface area contributed by atoms with Crippen LogP contribution in [0.5, 0.6) is 11.5 Å². The normalized spacial score (nSPS) is 15.7. The lowest BCUT2D eigenvalue weighted by Crippen LogP contribution is -2.42. The van der Waals surface area contributed by atoms with Crippen molar-refractivity contribution in [1.82, 2.24) is 0 Å². The van der Waals surface area contributed by atoms with Crippen molar-refractivity contribution >= 4 is 29.5 Å². The molecule has 1 heterocycles. The number of nitrogen functional groups attached to an aromatic ring is 1. The molecular weight excluding hydrogens is 668 g/mol. The third-order valence-corrected chi connectivity index (χ3v) is 9.17. The highest BCUT2D eigenvalue weighted by Crippen LogP contribution is 2.38. The van der Waals surface area contributed by atoms with Crippen LogP contribution in [0.3, 0.4) is 0 Å². The summed E-state index contributed by atoms with van der Waals surface area (Å²) in [5.41, 5.74) is 24.4. The van der Waals surface area contributed by atoms with Crippen molar-refractivity contribution in [2.45, 2.75) is 103 Å². The van der Waals surface area contributed by atoms with Gasteiger partial charge in [-0.3, -0.25) is 16.5 Å². The third kappa shape index (κ3) is 11.8. The summed E-state index contributed by atoms with van der Waals surface area (Å²) < 4.78 is 23.0. The number of carbonyl (C=O) groups is 2. The zero-order chi connectivity index (χ0) is 38.6. The van der Waals surface area contributed by atoms with E-state index in [4.69, 9.17) is 36.1 Å². The molecule has 2 atom stereocenters. The first kappa shape index (κ1) is 40.8. The Balaban J connectivity index is 1.26. The predicted octanol–water partition coefficient (Wildman–Crippen LogP) is 8.14. The number of ether oxygens (including phenoxy) is 4. The van der Waals surface area contributed by atoms with Gasteiger partial charge in [0, 0.05) is 28.0 Å². The Kier molecular flexibility index (Phi) is 14.4. The number of hydrogen-bond acceptors (Lipinski definition) is 10. The molecule has 3 aromatic carbocycles. The van der Waals surface area contributed by atoms with Crippen LogP contribution in [0.2, 0.25) is 0 Å². The van der Waals surface area contributed by atoms with Crippen LogP contribution in [0.15, 0.2) is 83.9 Å². The fourth-order valence-corrected chi connectivity index (χ4v) is 6.13. The molecule has 1 aliphatic rings. The average molecular weight is 725 g/mol. The van der Waals surface area contributed by atoms with Gasteiger partial charge in [-0.25, -0.2) is 9.59 Å². The molecule has 2 unspecified atom stereocenters. The van der Waals surface area contributed by atoms with Crippen LogP contribution < -0.4 is 26.7 Å². The van der Waals surface area contributed by atoms with Gasteiger partial charge in [0.2, 0.25) is 5.72 Å². The third-order valence-electron chi connectivity index (χ3n) is 9.17. The van der Waals surface area contributed by atoms with Gasteiger partial charge in [0.15, 0.2) is 5.72 Å². The van der Waals surface area contributed by atoms with Gasteiger partial charge in [-0.15, -0.1) is 0 Å². The lowest BCUT2D eigenvalue weighted by Gasteiger charge is -2.29. The van der Waals surface area contributed by atoms with Gasteiger partial charge in [-0.2, -0.15) is 0 Å². The maximum absolute atomic E-state index is 11.5. The number of nitrogens with two attached hydrogens (primary N) is 3. The first-order chi connectivity index (χ1) is 25.2. The number of carbonyl (C=O) groups excluding carboxylic acids is 2. The molecule has 53 heavy (non-hydrogen) atoms. The number of aliphatic imine (C=N–C) groups is 1. The molecule has 0 amide bonds. The molecule has 0 saturated carbocycles. The number of unbranched alkanes of at least 4 members (excludes halogenated alkanes) is 6. The summed E-state index contributed by atoms with van der Waals surface area (Å²) in [6.45, 7) is 15.0. The highest BCUT2D eigenvalue weighted by atomic mass is 16.5. The standard InChI is InChI=1S/C43H56N4O6/c1-29(2)40(48)50-23-13-9-7-11-15-32-17-20-35(37(44)26-32)42(6,45)52-34-19-22-39(31(5)25-34)53-43(46)28-47-38-27-33(18-21-36(38)43)16-12-8-10-14-24-51-41(49)30(3)4/h17-22,25-28H,1,3,7-16,23-24,44-46H2,2,4-6H3. The molecule has 0 aromatic heterocycles. The van der Waals surface area contributed by atoms with Gasteiger partial charge >= 0.3 is 11.9 Å².